The fraction of sp³-hybridized carbons (Fsp3) is 0.667. The molecular weight excluding hydrogens is 270 g/mol. The third-order valence-electron chi connectivity index (χ3n) is 4.36. The van der Waals surface area contributed by atoms with Gasteiger partial charge in [0.15, 0.2) is 0 Å². The molecule has 0 aromatic carbocycles. The zero-order valence-corrected chi connectivity index (χ0v) is 12.8. The molecule has 110 valence electrons. The summed E-state index contributed by atoms with van der Waals surface area (Å²) < 4.78 is 0. The van der Waals surface area contributed by atoms with E-state index in [9.17, 15) is 4.79 Å². The number of piperazine rings is 1. The Bertz CT molecular complexity index is 473. The molecule has 0 spiro atoms. The van der Waals surface area contributed by atoms with Crippen LogP contribution in [0.2, 0.25) is 0 Å². The highest BCUT2D eigenvalue weighted by molar-refractivity contribution is 7.10. The van der Waals surface area contributed by atoms with Crippen LogP contribution < -0.4 is 10.6 Å². The van der Waals surface area contributed by atoms with Crippen molar-refractivity contribution in [2.75, 3.05) is 26.2 Å². The highest BCUT2D eigenvalue weighted by atomic mass is 32.1. The number of nitrogens with one attached hydrogen (secondary N) is 2. The standard InChI is InChI=1S/C15H23N3OS/c1-2-17-15(19)13-10-16-7-8-18(13)12-4-3-5-14-11(12)6-9-20-14/h6,9,12-13,16H,2-5,7-8,10H2,1H3,(H,17,19). The highest BCUT2D eigenvalue weighted by Gasteiger charge is 2.36. The first kappa shape index (κ1) is 14.0. The van der Waals surface area contributed by atoms with E-state index < -0.39 is 0 Å². The average Bonchev–Trinajstić information content (AvgIpc) is 2.96. The number of aryl methyl sites for hydroxylation is 1. The van der Waals surface area contributed by atoms with E-state index in [2.05, 4.69) is 27.0 Å². The number of carbonyl (C=O) groups is 1. The van der Waals surface area contributed by atoms with E-state index in [1.54, 1.807) is 0 Å². The first-order valence-corrected chi connectivity index (χ1v) is 8.49. The van der Waals surface area contributed by atoms with Crippen molar-refractivity contribution in [2.45, 2.75) is 38.3 Å². The largest absolute Gasteiger partial charge is 0.355 e. The summed E-state index contributed by atoms with van der Waals surface area (Å²) in [7, 11) is 0. The van der Waals surface area contributed by atoms with Gasteiger partial charge in [-0.2, -0.15) is 0 Å². The summed E-state index contributed by atoms with van der Waals surface area (Å²) in [6.45, 7) is 5.39. The molecular formula is C15H23N3OS. The van der Waals surface area contributed by atoms with Crippen molar-refractivity contribution in [3.63, 3.8) is 0 Å². The maximum Gasteiger partial charge on any atom is 0.238 e. The molecule has 0 bridgehead atoms. The van der Waals surface area contributed by atoms with Gasteiger partial charge < -0.3 is 10.6 Å². The lowest BCUT2D eigenvalue weighted by Crippen LogP contribution is -2.58. The third kappa shape index (κ3) is 2.62. The Labute approximate surface area is 124 Å². The normalized spacial score (nSPS) is 27.1. The number of hydrogen-bond acceptors (Lipinski definition) is 4. The second-order valence-electron chi connectivity index (χ2n) is 5.56. The molecule has 5 heteroatoms. The van der Waals surface area contributed by atoms with Crippen LogP contribution >= 0.6 is 11.3 Å². The number of likely N-dealkylation sites (N-methyl/N-ethyl adjacent to an activating group) is 1. The van der Waals surface area contributed by atoms with Gasteiger partial charge in [-0.1, -0.05) is 0 Å². The number of thiophene rings is 1. The fourth-order valence-corrected chi connectivity index (χ4v) is 4.42. The molecule has 0 saturated carbocycles. The van der Waals surface area contributed by atoms with E-state index in [1.165, 1.54) is 29.7 Å². The van der Waals surface area contributed by atoms with Crippen molar-refractivity contribution in [2.24, 2.45) is 0 Å². The van der Waals surface area contributed by atoms with Gasteiger partial charge in [-0.25, -0.2) is 0 Å². The van der Waals surface area contributed by atoms with Crippen molar-refractivity contribution in [1.29, 1.82) is 0 Å². The second kappa shape index (κ2) is 6.24. The number of nitrogens with zero attached hydrogens (tertiary/aromatic N) is 1. The van der Waals surface area contributed by atoms with Gasteiger partial charge >= 0.3 is 0 Å². The second-order valence-corrected chi connectivity index (χ2v) is 6.56. The first-order chi connectivity index (χ1) is 9.81. The molecule has 0 radical (unpaired) electrons. The van der Waals surface area contributed by atoms with Crippen LogP contribution in [0.1, 0.15) is 36.2 Å². The topological polar surface area (TPSA) is 44.4 Å². The van der Waals surface area contributed by atoms with Gasteiger partial charge in [0.1, 0.15) is 6.04 Å². The molecule has 2 atom stereocenters. The molecule has 2 N–H and O–H groups in total. The fourth-order valence-electron chi connectivity index (χ4n) is 3.43. The first-order valence-electron chi connectivity index (χ1n) is 7.61. The minimum Gasteiger partial charge on any atom is -0.355 e. The Morgan fingerprint density at radius 3 is 3.35 bits per heavy atom. The van der Waals surface area contributed by atoms with Gasteiger partial charge in [0.05, 0.1) is 0 Å². The van der Waals surface area contributed by atoms with Crippen LogP contribution in [0.25, 0.3) is 0 Å². The zero-order chi connectivity index (χ0) is 13.9. The minimum absolute atomic E-state index is 0.0282. The molecule has 1 fully saturated rings. The van der Waals surface area contributed by atoms with Crippen molar-refractivity contribution >= 4 is 17.2 Å². The molecule has 1 aliphatic heterocycles. The lowest BCUT2D eigenvalue weighted by Gasteiger charge is -2.42. The molecule has 1 aromatic heterocycles. The van der Waals surface area contributed by atoms with E-state index in [0.717, 1.165) is 19.6 Å². The van der Waals surface area contributed by atoms with Crippen molar-refractivity contribution in [3.05, 3.63) is 21.9 Å². The maximum absolute atomic E-state index is 12.3. The van der Waals surface area contributed by atoms with Crippen LogP contribution in [0.5, 0.6) is 0 Å². The molecule has 1 aliphatic carbocycles. The zero-order valence-electron chi connectivity index (χ0n) is 12.0. The van der Waals surface area contributed by atoms with E-state index >= 15 is 0 Å². The summed E-state index contributed by atoms with van der Waals surface area (Å²) in [6.07, 6.45) is 3.63. The minimum atomic E-state index is -0.0282. The molecule has 4 nitrogen and oxygen atoms in total. The lowest BCUT2D eigenvalue weighted by atomic mass is 9.91. The molecule has 20 heavy (non-hydrogen) atoms. The van der Waals surface area contributed by atoms with Crippen LogP contribution in [0.4, 0.5) is 0 Å². The van der Waals surface area contributed by atoms with Crippen LogP contribution in [0.3, 0.4) is 0 Å². The molecule has 3 rings (SSSR count). The van der Waals surface area contributed by atoms with Crippen molar-refractivity contribution in [3.8, 4) is 0 Å². The summed E-state index contributed by atoms with van der Waals surface area (Å²) >= 11 is 1.87. The molecule has 2 aliphatic rings. The Balaban J connectivity index is 1.82. The van der Waals surface area contributed by atoms with Gasteiger partial charge in [-0.15, -0.1) is 11.3 Å². The van der Waals surface area contributed by atoms with Crippen LogP contribution in [0.15, 0.2) is 11.4 Å². The quantitative estimate of drug-likeness (QED) is 0.888. The van der Waals surface area contributed by atoms with E-state index in [0.29, 0.717) is 12.6 Å². The van der Waals surface area contributed by atoms with Crippen molar-refractivity contribution < 1.29 is 4.79 Å². The SMILES string of the molecule is CCNC(=O)C1CNCCN1C1CCCc2sccc21. The molecule has 1 aromatic rings. The monoisotopic (exact) mass is 293 g/mol. The Kier molecular flexibility index (Phi) is 4.38. The number of carbonyl (C=O) groups excluding carboxylic acids is 1. The number of hydrogen-bond donors (Lipinski definition) is 2. The smallest absolute Gasteiger partial charge is 0.238 e. The summed E-state index contributed by atoms with van der Waals surface area (Å²) in [5.41, 5.74) is 1.47. The molecule has 2 heterocycles. The van der Waals surface area contributed by atoms with Gasteiger partial charge in [0.2, 0.25) is 5.91 Å². The summed E-state index contributed by atoms with van der Waals surface area (Å²) in [5.74, 6) is 0.169. The summed E-state index contributed by atoms with van der Waals surface area (Å²) in [4.78, 5) is 16.3. The number of rotatable bonds is 3. The predicted molar refractivity (Wildman–Crippen MR) is 82.0 cm³/mol. The van der Waals surface area contributed by atoms with Crippen LogP contribution in [-0.2, 0) is 11.2 Å². The Morgan fingerprint density at radius 1 is 1.60 bits per heavy atom. The lowest BCUT2D eigenvalue weighted by molar-refractivity contribution is -0.128. The summed E-state index contributed by atoms with van der Waals surface area (Å²) in [6, 6.07) is 2.67. The van der Waals surface area contributed by atoms with Crippen LogP contribution in [-0.4, -0.2) is 43.0 Å². The van der Waals surface area contributed by atoms with Gasteiger partial charge in [-0.3, -0.25) is 9.69 Å². The van der Waals surface area contributed by atoms with Gasteiger partial charge in [-0.05, 0) is 43.2 Å². The van der Waals surface area contributed by atoms with E-state index in [1.807, 2.05) is 18.3 Å². The van der Waals surface area contributed by atoms with E-state index in [-0.39, 0.29) is 11.9 Å². The molecule has 1 amide bonds. The molecule has 1 saturated heterocycles. The average molecular weight is 293 g/mol. The van der Waals surface area contributed by atoms with Crippen LogP contribution in [0, 0.1) is 0 Å². The number of fused-ring (bicyclic) bond motifs is 1. The number of amides is 1. The molecule has 2 unspecified atom stereocenters. The summed E-state index contributed by atoms with van der Waals surface area (Å²) in [5, 5.41) is 8.55. The van der Waals surface area contributed by atoms with Gasteiger partial charge in [0, 0.05) is 37.1 Å². The maximum atomic E-state index is 12.3. The third-order valence-corrected chi connectivity index (χ3v) is 5.36. The van der Waals surface area contributed by atoms with E-state index in [4.69, 9.17) is 0 Å². The van der Waals surface area contributed by atoms with Gasteiger partial charge in [0.25, 0.3) is 0 Å². The Morgan fingerprint density at radius 2 is 2.50 bits per heavy atom. The van der Waals surface area contributed by atoms with Crippen molar-refractivity contribution in [1.82, 2.24) is 15.5 Å². The highest BCUT2D eigenvalue weighted by Crippen LogP contribution is 2.38. The Hall–Kier alpha value is -0.910. The predicted octanol–water partition coefficient (Wildman–Crippen LogP) is 1.54.